The molecule has 1 aromatic carbocycles. The molecular weight excluding hydrogens is 380 g/mol. The number of piperidine rings is 1. The van der Waals surface area contributed by atoms with Crippen LogP contribution < -0.4 is 5.32 Å². The van der Waals surface area contributed by atoms with E-state index in [1.807, 2.05) is 18.2 Å². The van der Waals surface area contributed by atoms with Gasteiger partial charge in [-0.25, -0.2) is 0 Å². The van der Waals surface area contributed by atoms with Gasteiger partial charge >= 0.3 is 0 Å². The van der Waals surface area contributed by atoms with Crippen molar-refractivity contribution in [2.75, 3.05) is 32.0 Å². The smallest absolute Gasteiger partial charge is 0.252 e. The van der Waals surface area contributed by atoms with Gasteiger partial charge in [-0.1, -0.05) is 37.8 Å². The fourth-order valence-electron chi connectivity index (χ4n) is 5.26. The molecule has 29 heavy (non-hydrogen) atoms. The van der Waals surface area contributed by atoms with Gasteiger partial charge in [-0.15, -0.1) is 11.8 Å². The van der Waals surface area contributed by atoms with Crippen molar-refractivity contribution in [3.8, 4) is 0 Å². The van der Waals surface area contributed by atoms with E-state index >= 15 is 0 Å². The van der Waals surface area contributed by atoms with Gasteiger partial charge in [0.2, 0.25) is 0 Å². The molecule has 0 radical (unpaired) electrons. The summed E-state index contributed by atoms with van der Waals surface area (Å²) in [6, 6.07) is 8.06. The normalized spacial score (nSPS) is 25.0. The molecule has 1 aliphatic carbocycles. The molecule has 160 valence electrons. The minimum atomic E-state index is 0.0856. The summed E-state index contributed by atoms with van der Waals surface area (Å²) in [5.74, 6) is 1.02. The third kappa shape index (κ3) is 5.36. The summed E-state index contributed by atoms with van der Waals surface area (Å²) < 4.78 is 5.76. The largest absolute Gasteiger partial charge is 0.377 e. The average Bonchev–Trinajstić information content (AvgIpc) is 3.31. The monoisotopic (exact) mass is 416 g/mol. The second-order valence-electron chi connectivity index (χ2n) is 8.96. The fourth-order valence-corrected chi connectivity index (χ4v) is 6.38. The molecule has 3 fully saturated rings. The quantitative estimate of drug-likeness (QED) is 0.644. The van der Waals surface area contributed by atoms with Crippen LogP contribution in [0.3, 0.4) is 0 Å². The van der Waals surface area contributed by atoms with Crippen molar-refractivity contribution in [3.63, 3.8) is 0 Å². The molecule has 0 aromatic heterocycles. The molecule has 1 amide bonds. The molecule has 1 aromatic rings. The van der Waals surface area contributed by atoms with Crippen molar-refractivity contribution >= 4 is 17.7 Å². The first-order valence-corrected chi connectivity index (χ1v) is 12.6. The molecule has 5 heteroatoms. The Balaban J connectivity index is 1.40. The molecule has 2 heterocycles. The van der Waals surface area contributed by atoms with E-state index < -0.39 is 0 Å². The number of thioether (sulfide) groups is 1. The molecule has 2 aliphatic heterocycles. The van der Waals surface area contributed by atoms with Crippen LogP contribution in [-0.2, 0) is 4.74 Å². The maximum atomic E-state index is 13.2. The number of benzene rings is 1. The van der Waals surface area contributed by atoms with E-state index in [1.54, 1.807) is 11.8 Å². The van der Waals surface area contributed by atoms with E-state index in [-0.39, 0.29) is 11.4 Å². The predicted octanol–water partition coefficient (Wildman–Crippen LogP) is 4.88. The first-order chi connectivity index (χ1) is 14.3. The number of nitrogens with zero attached hydrogens (tertiary/aromatic N) is 1. The van der Waals surface area contributed by atoms with Crippen LogP contribution in [0.2, 0.25) is 0 Å². The summed E-state index contributed by atoms with van der Waals surface area (Å²) >= 11 is 1.76. The number of hydrogen-bond acceptors (Lipinski definition) is 4. The summed E-state index contributed by atoms with van der Waals surface area (Å²) in [7, 11) is 0. The highest BCUT2D eigenvalue weighted by molar-refractivity contribution is 7.99. The van der Waals surface area contributed by atoms with Crippen LogP contribution in [0.4, 0.5) is 0 Å². The highest BCUT2D eigenvalue weighted by Gasteiger charge is 2.38. The van der Waals surface area contributed by atoms with Gasteiger partial charge in [-0.2, -0.15) is 0 Å². The lowest BCUT2D eigenvalue weighted by atomic mass is 9.79. The summed E-state index contributed by atoms with van der Waals surface area (Å²) in [6.07, 6.45) is 13.0. The van der Waals surface area contributed by atoms with Gasteiger partial charge in [0, 0.05) is 29.3 Å². The number of rotatable bonds is 7. The molecule has 1 atom stereocenters. The van der Waals surface area contributed by atoms with Gasteiger partial charge in [0.1, 0.15) is 0 Å². The van der Waals surface area contributed by atoms with E-state index in [0.29, 0.717) is 6.10 Å². The molecule has 2 saturated heterocycles. The number of hydrogen-bond donors (Lipinski definition) is 1. The van der Waals surface area contributed by atoms with E-state index in [9.17, 15) is 4.79 Å². The van der Waals surface area contributed by atoms with E-state index in [2.05, 4.69) is 16.3 Å². The Morgan fingerprint density at radius 3 is 2.59 bits per heavy atom. The standard InChI is InChI=1S/C24H36N2O2S/c27-23(21-11-3-4-12-22(21)29-18-20-10-9-17-28-20)25-19-24(13-5-1-6-14-24)26-15-7-2-8-16-26/h3-4,11-12,20H,1-2,5-10,13-19H2,(H,25,27). The van der Waals surface area contributed by atoms with Crippen molar-refractivity contribution < 1.29 is 9.53 Å². The maximum absolute atomic E-state index is 13.2. The Morgan fingerprint density at radius 1 is 1.07 bits per heavy atom. The van der Waals surface area contributed by atoms with Crippen LogP contribution in [0.1, 0.15) is 74.6 Å². The van der Waals surface area contributed by atoms with Crippen LogP contribution in [0, 0.1) is 0 Å². The maximum Gasteiger partial charge on any atom is 0.252 e. The Bertz CT molecular complexity index is 663. The van der Waals surface area contributed by atoms with Gasteiger partial charge in [-0.3, -0.25) is 9.69 Å². The predicted molar refractivity (Wildman–Crippen MR) is 120 cm³/mol. The highest BCUT2D eigenvalue weighted by Crippen LogP contribution is 2.35. The second kappa shape index (κ2) is 10.3. The van der Waals surface area contributed by atoms with E-state index in [0.717, 1.165) is 42.2 Å². The molecule has 3 aliphatic rings. The van der Waals surface area contributed by atoms with E-state index in [4.69, 9.17) is 4.74 Å². The van der Waals surface area contributed by atoms with Gasteiger partial charge in [-0.05, 0) is 63.7 Å². The lowest BCUT2D eigenvalue weighted by molar-refractivity contribution is 0.0326. The lowest BCUT2D eigenvalue weighted by Crippen LogP contribution is -2.58. The van der Waals surface area contributed by atoms with Crippen LogP contribution in [0.15, 0.2) is 29.2 Å². The van der Waals surface area contributed by atoms with Crippen molar-refractivity contribution in [2.24, 2.45) is 0 Å². The lowest BCUT2D eigenvalue weighted by Gasteiger charge is -2.48. The topological polar surface area (TPSA) is 41.6 Å². The first kappa shape index (κ1) is 21.2. The SMILES string of the molecule is O=C(NCC1(N2CCCCC2)CCCCC1)c1ccccc1SCC1CCCO1. The molecule has 1 N–H and O–H groups in total. The highest BCUT2D eigenvalue weighted by atomic mass is 32.2. The number of nitrogens with one attached hydrogen (secondary N) is 1. The summed E-state index contributed by atoms with van der Waals surface area (Å²) in [6.45, 7) is 4.07. The Labute approximate surface area is 180 Å². The summed E-state index contributed by atoms with van der Waals surface area (Å²) in [4.78, 5) is 16.9. The van der Waals surface area contributed by atoms with Crippen LogP contribution in [0.5, 0.6) is 0 Å². The van der Waals surface area contributed by atoms with Gasteiger partial charge in [0.15, 0.2) is 0 Å². The Morgan fingerprint density at radius 2 is 1.83 bits per heavy atom. The number of amides is 1. The molecule has 1 saturated carbocycles. The third-order valence-corrected chi connectivity index (χ3v) is 8.18. The van der Waals surface area contributed by atoms with E-state index in [1.165, 1.54) is 64.5 Å². The number of carbonyl (C=O) groups is 1. The van der Waals surface area contributed by atoms with Gasteiger partial charge in [0.25, 0.3) is 5.91 Å². The number of ether oxygens (including phenoxy) is 1. The molecule has 0 bridgehead atoms. The molecular formula is C24H36N2O2S. The number of likely N-dealkylation sites (tertiary alicyclic amines) is 1. The summed E-state index contributed by atoms with van der Waals surface area (Å²) in [5.41, 5.74) is 0.994. The van der Waals surface area contributed by atoms with Crippen LogP contribution in [-0.4, -0.2) is 54.4 Å². The minimum absolute atomic E-state index is 0.0856. The zero-order chi connectivity index (χ0) is 19.9. The van der Waals surface area contributed by atoms with Crippen molar-refractivity contribution in [2.45, 2.75) is 80.7 Å². The second-order valence-corrected chi connectivity index (χ2v) is 10.0. The molecule has 4 nitrogen and oxygen atoms in total. The zero-order valence-electron chi connectivity index (χ0n) is 17.7. The number of carbonyl (C=O) groups excluding carboxylic acids is 1. The fraction of sp³-hybridized carbons (Fsp3) is 0.708. The molecule has 1 unspecified atom stereocenters. The van der Waals surface area contributed by atoms with Crippen molar-refractivity contribution in [1.29, 1.82) is 0 Å². The van der Waals surface area contributed by atoms with Gasteiger partial charge in [0.05, 0.1) is 11.7 Å². The van der Waals surface area contributed by atoms with Crippen LogP contribution in [0.25, 0.3) is 0 Å². The van der Waals surface area contributed by atoms with Crippen molar-refractivity contribution in [3.05, 3.63) is 29.8 Å². The zero-order valence-corrected chi connectivity index (χ0v) is 18.5. The average molecular weight is 417 g/mol. The van der Waals surface area contributed by atoms with Crippen LogP contribution >= 0.6 is 11.8 Å². The third-order valence-electron chi connectivity index (χ3n) is 6.97. The first-order valence-electron chi connectivity index (χ1n) is 11.6. The Hall–Kier alpha value is -1.04. The minimum Gasteiger partial charge on any atom is -0.377 e. The van der Waals surface area contributed by atoms with Crippen molar-refractivity contribution in [1.82, 2.24) is 10.2 Å². The summed E-state index contributed by atoms with van der Waals surface area (Å²) in [5, 5.41) is 3.35. The molecule has 4 rings (SSSR count). The van der Waals surface area contributed by atoms with Gasteiger partial charge < -0.3 is 10.1 Å². The Kier molecular flexibility index (Phi) is 7.54. The molecule has 0 spiro atoms.